The Morgan fingerprint density at radius 1 is 0.667 bits per heavy atom. The second-order valence-electron chi connectivity index (χ2n) is 2.43. The Bertz CT molecular complexity index is 316. The Hall–Kier alpha value is -0.183. The van der Waals surface area contributed by atoms with Gasteiger partial charge < -0.3 is 0 Å². The summed E-state index contributed by atoms with van der Waals surface area (Å²) in [5.41, 5.74) is 0. The van der Waals surface area contributed by atoms with Crippen LogP contribution in [0.2, 0.25) is 0 Å². The molecule has 0 aliphatic carbocycles. The van der Waals surface area contributed by atoms with Crippen LogP contribution in [0.5, 0.6) is 0 Å². The quantitative estimate of drug-likeness (QED) is 0.625. The molecule has 2 aliphatic heterocycles. The van der Waals surface area contributed by atoms with Gasteiger partial charge in [-0.05, 0) is 0 Å². The maximum absolute atomic E-state index is 2.31. The summed E-state index contributed by atoms with van der Waals surface area (Å²) in [6.45, 7) is 0. The van der Waals surface area contributed by atoms with Crippen molar-refractivity contribution in [1.29, 1.82) is 0 Å². The van der Waals surface area contributed by atoms with E-state index in [0.717, 1.165) is 0 Å². The number of allylic oxidation sites excluding steroid dienone is 6. The first-order chi connectivity index (χ1) is 5.97. The molecule has 0 fully saturated rings. The van der Waals surface area contributed by atoms with E-state index in [4.69, 9.17) is 0 Å². The summed E-state index contributed by atoms with van der Waals surface area (Å²) in [5.74, 6) is 0. The minimum atomic E-state index is 0.313. The van der Waals surface area contributed by atoms with Crippen molar-refractivity contribution in [2.75, 3.05) is 0 Å². The van der Waals surface area contributed by atoms with E-state index in [1.165, 1.54) is 0 Å². The number of rotatable bonds is 1. The molecule has 0 atom stereocenters. The Labute approximate surface area is 85.2 Å². The molecule has 2 rings (SSSR count). The molecule has 0 nitrogen and oxygen atoms in total. The van der Waals surface area contributed by atoms with Gasteiger partial charge in [0.25, 0.3) is 0 Å². The van der Waals surface area contributed by atoms with Crippen LogP contribution in [0.4, 0.5) is 0 Å². The van der Waals surface area contributed by atoms with Gasteiger partial charge in [-0.3, -0.25) is 0 Å². The van der Waals surface area contributed by atoms with E-state index in [1.54, 1.807) is 8.61 Å². The van der Waals surface area contributed by atoms with Crippen LogP contribution in [-0.2, 0) is 0 Å². The van der Waals surface area contributed by atoms with Crippen molar-refractivity contribution in [2.45, 2.75) is 0 Å². The molecule has 0 saturated carbocycles. The fourth-order valence-corrected chi connectivity index (χ4v) is 5.33. The fraction of sp³-hybridized carbons (Fsp3) is 0. The SMILES string of the molecule is C1=C[As]=C(C2=[As]C=CC=C2)C=C1. The molecule has 12 heavy (non-hydrogen) atoms. The summed E-state index contributed by atoms with van der Waals surface area (Å²) in [4.78, 5) is 4.62. The zero-order chi connectivity index (χ0) is 8.23. The van der Waals surface area contributed by atoms with Crippen molar-refractivity contribution in [2.24, 2.45) is 0 Å². The topological polar surface area (TPSA) is 0 Å². The molecule has 58 valence electrons. The number of hydrogen-bond acceptors (Lipinski definition) is 0. The monoisotopic (exact) mass is 278 g/mol. The van der Waals surface area contributed by atoms with Gasteiger partial charge in [-0.25, -0.2) is 0 Å². The van der Waals surface area contributed by atoms with Crippen LogP contribution in [0.15, 0.2) is 46.2 Å². The van der Waals surface area contributed by atoms with Crippen LogP contribution in [0, 0.1) is 0 Å². The van der Waals surface area contributed by atoms with Crippen molar-refractivity contribution in [1.82, 2.24) is 0 Å². The van der Waals surface area contributed by atoms with Gasteiger partial charge in [-0.1, -0.05) is 0 Å². The first-order valence-electron chi connectivity index (χ1n) is 3.79. The van der Waals surface area contributed by atoms with Gasteiger partial charge in [0.05, 0.1) is 0 Å². The normalized spacial score (nSPS) is 22.0. The summed E-state index contributed by atoms with van der Waals surface area (Å²) < 4.78 is 3.18. The molecule has 2 heterocycles. The summed E-state index contributed by atoms with van der Waals surface area (Å²) in [7, 11) is 0. The molecule has 0 aromatic carbocycles. The zero-order valence-corrected chi connectivity index (χ0v) is 10.3. The molecule has 0 spiro atoms. The molecule has 0 aromatic rings. The average Bonchev–Trinajstić information content (AvgIpc) is 2.21. The van der Waals surface area contributed by atoms with E-state index < -0.39 is 0 Å². The maximum atomic E-state index is 2.31. The van der Waals surface area contributed by atoms with Crippen LogP contribution in [0.1, 0.15) is 0 Å². The molecule has 0 N–H and O–H groups in total. The van der Waals surface area contributed by atoms with Crippen LogP contribution in [-0.4, -0.2) is 39.2 Å². The summed E-state index contributed by atoms with van der Waals surface area (Å²) in [6, 6.07) is 0. The molecule has 2 heteroatoms. The van der Waals surface area contributed by atoms with Crippen molar-refractivity contribution in [3.8, 4) is 0 Å². The van der Waals surface area contributed by atoms with Gasteiger partial charge in [0.2, 0.25) is 0 Å². The average molecular weight is 278 g/mol. The number of hydrogen-bond donors (Lipinski definition) is 0. The summed E-state index contributed by atoms with van der Waals surface area (Å²) in [6.07, 6.45) is 13.2. The molecule has 2 aliphatic rings. The fourth-order valence-electron chi connectivity index (χ4n) is 1.03. The molecule has 0 amide bonds. The molecule has 0 saturated heterocycles. The van der Waals surface area contributed by atoms with E-state index >= 15 is 0 Å². The molecule has 0 unspecified atom stereocenters. The minimum absolute atomic E-state index is 0.313. The first-order valence-corrected chi connectivity index (χ1v) is 7.83. The van der Waals surface area contributed by atoms with E-state index in [-0.39, 0.29) is 0 Å². The molecule has 0 aromatic heterocycles. The summed E-state index contributed by atoms with van der Waals surface area (Å²) >= 11 is 0.625. The predicted octanol–water partition coefficient (Wildman–Crippen LogP) is 0.907. The molecular formula is C10H8As2. The van der Waals surface area contributed by atoms with Crippen molar-refractivity contribution in [3.63, 3.8) is 0 Å². The second-order valence-corrected chi connectivity index (χ2v) is 6.79. The molecule has 0 radical (unpaired) electrons. The third kappa shape index (κ3) is 1.94. The van der Waals surface area contributed by atoms with Crippen molar-refractivity contribution < 1.29 is 0 Å². The third-order valence-electron chi connectivity index (χ3n) is 1.59. The summed E-state index contributed by atoms with van der Waals surface area (Å²) in [5, 5.41) is 0. The third-order valence-corrected chi connectivity index (χ3v) is 6.57. The van der Waals surface area contributed by atoms with E-state index in [9.17, 15) is 0 Å². The van der Waals surface area contributed by atoms with Crippen LogP contribution in [0.25, 0.3) is 0 Å². The predicted molar refractivity (Wildman–Crippen MR) is 58.1 cm³/mol. The Balaban J connectivity index is 2.31. The Morgan fingerprint density at radius 3 is 1.50 bits per heavy atom. The first kappa shape index (κ1) is 8.42. The second kappa shape index (κ2) is 4.17. The van der Waals surface area contributed by atoms with E-state index in [0.29, 0.717) is 30.6 Å². The Kier molecular flexibility index (Phi) is 2.92. The standard InChI is InChI=1S/C10H8As2/c1-3-7-11-9(5-1)10-6-2-4-8-12-10/h1-8H. The molecular weight excluding hydrogens is 270 g/mol. The van der Waals surface area contributed by atoms with Gasteiger partial charge in [-0.15, -0.1) is 0 Å². The van der Waals surface area contributed by atoms with E-state index in [1.807, 2.05) is 0 Å². The van der Waals surface area contributed by atoms with Gasteiger partial charge in [0.15, 0.2) is 0 Å². The zero-order valence-electron chi connectivity index (χ0n) is 6.51. The van der Waals surface area contributed by atoms with Gasteiger partial charge in [-0.2, -0.15) is 0 Å². The van der Waals surface area contributed by atoms with Crippen LogP contribution >= 0.6 is 0 Å². The molecule has 0 bridgehead atoms. The van der Waals surface area contributed by atoms with Crippen molar-refractivity contribution in [3.05, 3.63) is 46.2 Å². The van der Waals surface area contributed by atoms with Gasteiger partial charge in [0.1, 0.15) is 0 Å². The van der Waals surface area contributed by atoms with Gasteiger partial charge in [0, 0.05) is 0 Å². The van der Waals surface area contributed by atoms with Crippen LogP contribution in [0.3, 0.4) is 0 Å². The van der Waals surface area contributed by atoms with Gasteiger partial charge >= 0.3 is 85.4 Å². The van der Waals surface area contributed by atoms with E-state index in [2.05, 4.69) is 46.2 Å². The van der Waals surface area contributed by atoms with Crippen LogP contribution < -0.4 is 0 Å². The van der Waals surface area contributed by atoms with Crippen molar-refractivity contribution >= 4 is 39.2 Å². The Morgan fingerprint density at radius 2 is 1.17 bits per heavy atom.